The molecule has 1 aliphatic heterocycles. The molecule has 90 valence electrons. The van der Waals surface area contributed by atoms with Crippen LogP contribution >= 0.6 is 12.2 Å². The summed E-state index contributed by atoms with van der Waals surface area (Å²) in [5.41, 5.74) is 1.29. The highest BCUT2D eigenvalue weighted by Gasteiger charge is 2.18. The van der Waals surface area contributed by atoms with Crippen molar-refractivity contribution in [1.29, 1.82) is 0 Å². The highest BCUT2D eigenvalue weighted by atomic mass is 32.1. The first-order valence-corrected chi connectivity index (χ1v) is 6.15. The second-order valence-electron chi connectivity index (χ2n) is 4.31. The molecule has 0 radical (unpaired) electrons. The molecular weight excluding hydrogens is 239 g/mol. The Morgan fingerprint density at radius 3 is 3.18 bits per heavy atom. The summed E-state index contributed by atoms with van der Waals surface area (Å²) < 4.78 is 21.7. The molecule has 2 aromatic rings. The number of nitrogens with one attached hydrogen (secondary N) is 1. The Morgan fingerprint density at radius 1 is 1.53 bits per heavy atom. The van der Waals surface area contributed by atoms with E-state index in [1.807, 2.05) is 6.07 Å². The Morgan fingerprint density at radius 2 is 2.41 bits per heavy atom. The van der Waals surface area contributed by atoms with Gasteiger partial charge in [0.2, 0.25) is 0 Å². The smallest absolute Gasteiger partial charge is 0.178 e. The van der Waals surface area contributed by atoms with Gasteiger partial charge in [-0.2, -0.15) is 0 Å². The van der Waals surface area contributed by atoms with Gasteiger partial charge in [0.25, 0.3) is 0 Å². The molecule has 1 aliphatic rings. The Kier molecular flexibility index (Phi) is 2.72. The molecule has 0 amide bonds. The predicted molar refractivity (Wildman–Crippen MR) is 66.1 cm³/mol. The molecule has 3 nitrogen and oxygen atoms in total. The second kappa shape index (κ2) is 4.23. The normalized spacial score (nSPS) is 20.2. The number of hydrogen-bond acceptors (Lipinski definition) is 2. The molecule has 1 aromatic heterocycles. The maximum Gasteiger partial charge on any atom is 0.178 e. The van der Waals surface area contributed by atoms with Crippen molar-refractivity contribution in [3.05, 3.63) is 28.8 Å². The van der Waals surface area contributed by atoms with E-state index in [0.717, 1.165) is 25.0 Å². The van der Waals surface area contributed by atoms with Crippen LogP contribution in [0.5, 0.6) is 0 Å². The zero-order chi connectivity index (χ0) is 11.8. The van der Waals surface area contributed by atoms with Gasteiger partial charge in [0.1, 0.15) is 11.3 Å². The van der Waals surface area contributed by atoms with Gasteiger partial charge in [0, 0.05) is 6.61 Å². The van der Waals surface area contributed by atoms with E-state index in [9.17, 15) is 4.39 Å². The number of rotatable bonds is 2. The van der Waals surface area contributed by atoms with Gasteiger partial charge in [-0.15, -0.1) is 0 Å². The molecule has 0 spiro atoms. The first-order valence-electron chi connectivity index (χ1n) is 5.74. The zero-order valence-corrected chi connectivity index (χ0v) is 10.1. The van der Waals surface area contributed by atoms with E-state index in [4.69, 9.17) is 17.0 Å². The molecule has 1 fully saturated rings. The highest BCUT2D eigenvalue weighted by Crippen LogP contribution is 2.21. The summed E-state index contributed by atoms with van der Waals surface area (Å²) in [6, 6.07) is 4.97. The van der Waals surface area contributed by atoms with Crippen molar-refractivity contribution in [1.82, 2.24) is 9.55 Å². The predicted octanol–water partition coefficient (Wildman–Crippen LogP) is 3.02. The molecule has 17 heavy (non-hydrogen) atoms. The SMILES string of the molecule is Fc1cccc2[nH]c(=S)n(CC3CCCO3)c12. The van der Waals surface area contributed by atoms with Crippen LogP contribution in [0.1, 0.15) is 12.8 Å². The fourth-order valence-electron chi connectivity index (χ4n) is 2.34. The van der Waals surface area contributed by atoms with E-state index in [1.54, 1.807) is 10.6 Å². The van der Waals surface area contributed by atoms with Crippen LogP contribution in [0.25, 0.3) is 11.0 Å². The topological polar surface area (TPSA) is 29.9 Å². The van der Waals surface area contributed by atoms with E-state index in [2.05, 4.69) is 4.98 Å². The molecule has 0 bridgehead atoms. The molecule has 3 rings (SSSR count). The zero-order valence-electron chi connectivity index (χ0n) is 9.28. The third kappa shape index (κ3) is 1.89. The average molecular weight is 252 g/mol. The number of nitrogens with zero attached hydrogens (tertiary/aromatic N) is 1. The number of hydrogen-bond donors (Lipinski definition) is 1. The Balaban J connectivity index is 2.08. The van der Waals surface area contributed by atoms with Crippen molar-refractivity contribution in [2.45, 2.75) is 25.5 Å². The van der Waals surface area contributed by atoms with Crippen LogP contribution in [0, 0.1) is 10.6 Å². The van der Waals surface area contributed by atoms with Gasteiger partial charge < -0.3 is 14.3 Å². The Bertz CT molecular complexity index is 598. The number of halogens is 1. The number of imidazole rings is 1. The summed E-state index contributed by atoms with van der Waals surface area (Å²) in [6.07, 6.45) is 2.24. The van der Waals surface area contributed by atoms with Crippen molar-refractivity contribution < 1.29 is 9.13 Å². The Labute approximate surface area is 103 Å². The maximum absolute atomic E-state index is 13.8. The van der Waals surface area contributed by atoms with Crippen LogP contribution in [0.2, 0.25) is 0 Å². The van der Waals surface area contributed by atoms with E-state index in [1.165, 1.54) is 6.07 Å². The van der Waals surface area contributed by atoms with E-state index < -0.39 is 0 Å². The van der Waals surface area contributed by atoms with Crippen molar-refractivity contribution >= 4 is 23.3 Å². The minimum Gasteiger partial charge on any atom is -0.376 e. The number of fused-ring (bicyclic) bond motifs is 1. The minimum absolute atomic E-state index is 0.153. The van der Waals surface area contributed by atoms with Crippen molar-refractivity contribution in [3.8, 4) is 0 Å². The van der Waals surface area contributed by atoms with Crippen molar-refractivity contribution in [2.24, 2.45) is 0 Å². The summed E-state index contributed by atoms with van der Waals surface area (Å²) in [7, 11) is 0. The molecule has 1 aromatic carbocycles. The summed E-state index contributed by atoms with van der Waals surface area (Å²) in [5.74, 6) is -0.243. The number of para-hydroxylation sites is 1. The lowest BCUT2D eigenvalue weighted by Gasteiger charge is -2.11. The van der Waals surface area contributed by atoms with E-state index in [-0.39, 0.29) is 11.9 Å². The van der Waals surface area contributed by atoms with Gasteiger partial charge in [-0.1, -0.05) is 6.07 Å². The highest BCUT2D eigenvalue weighted by molar-refractivity contribution is 7.71. The summed E-state index contributed by atoms with van der Waals surface area (Å²) in [5, 5.41) is 0. The molecular formula is C12H13FN2OS. The lowest BCUT2D eigenvalue weighted by molar-refractivity contribution is 0.0975. The van der Waals surface area contributed by atoms with Crippen LogP contribution in [0.3, 0.4) is 0 Å². The molecule has 0 aliphatic carbocycles. The van der Waals surface area contributed by atoms with Crippen LogP contribution in [-0.4, -0.2) is 22.3 Å². The fraction of sp³-hybridized carbons (Fsp3) is 0.417. The van der Waals surface area contributed by atoms with Crippen LogP contribution in [0.15, 0.2) is 18.2 Å². The van der Waals surface area contributed by atoms with Gasteiger partial charge >= 0.3 is 0 Å². The molecule has 1 unspecified atom stereocenters. The van der Waals surface area contributed by atoms with Gasteiger partial charge in [-0.05, 0) is 37.2 Å². The number of ether oxygens (including phenoxy) is 1. The lowest BCUT2D eigenvalue weighted by Crippen LogP contribution is -2.15. The average Bonchev–Trinajstić information content (AvgIpc) is 2.89. The van der Waals surface area contributed by atoms with E-state index in [0.29, 0.717) is 16.8 Å². The van der Waals surface area contributed by atoms with Gasteiger partial charge in [0.15, 0.2) is 4.77 Å². The van der Waals surface area contributed by atoms with E-state index >= 15 is 0 Å². The lowest BCUT2D eigenvalue weighted by atomic mass is 10.2. The van der Waals surface area contributed by atoms with Crippen molar-refractivity contribution in [3.63, 3.8) is 0 Å². The third-order valence-electron chi connectivity index (χ3n) is 3.15. The molecule has 2 heterocycles. The number of aromatic amines is 1. The monoisotopic (exact) mass is 252 g/mol. The third-order valence-corrected chi connectivity index (χ3v) is 3.48. The quantitative estimate of drug-likeness (QED) is 0.833. The molecule has 0 saturated carbocycles. The molecule has 1 N–H and O–H groups in total. The first-order chi connectivity index (χ1) is 8.25. The first kappa shape index (κ1) is 10.9. The summed E-state index contributed by atoms with van der Waals surface area (Å²) >= 11 is 5.23. The van der Waals surface area contributed by atoms with Gasteiger partial charge in [-0.25, -0.2) is 4.39 Å². The maximum atomic E-state index is 13.8. The molecule has 1 atom stereocenters. The Hall–Kier alpha value is -1.20. The number of H-pyrrole nitrogens is 1. The summed E-state index contributed by atoms with van der Waals surface area (Å²) in [6.45, 7) is 1.42. The van der Waals surface area contributed by atoms with Crippen LogP contribution in [-0.2, 0) is 11.3 Å². The van der Waals surface area contributed by atoms with Crippen molar-refractivity contribution in [2.75, 3.05) is 6.61 Å². The number of benzene rings is 1. The minimum atomic E-state index is -0.243. The fourth-order valence-corrected chi connectivity index (χ4v) is 2.62. The van der Waals surface area contributed by atoms with Gasteiger partial charge in [-0.3, -0.25) is 0 Å². The summed E-state index contributed by atoms with van der Waals surface area (Å²) in [4.78, 5) is 3.02. The van der Waals surface area contributed by atoms with Gasteiger partial charge in [0.05, 0.1) is 18.2 Å². The molecule has 1 saturated heterocycles. The molecule has 5 heteroatoms. The van der Waals surface area contributed by atoms with Crippen LogP contribution < -0.4 is 0 Å². The number of aromatic nitrogens is 2. The standard InChI is InChI=1S/C12H13FN2OS/c13-9-4-1-5-10-11(9)15(12(17)14-10)7-8-3-2-6-16-8/h1,4-5,8H,2-3,6-7H2,(H,14,17). The second-order valence-corrected chi connectivity index (χ2v) is 4.70. The van der Waals surface area contributed by atoms with Crippen LogP contribution in [0.4, 0.5) is 4.39 Å². The largest absolute Gasteiger partial charge is 0.376 e.